The van der Waals surface area contributed by atoms with Crippen molar-refractivity contribution in [2.24, 2.45) is 0 Å². The normalized spacial score (nSPS) is 16.0. The predicted octanol–water partition coefficient (Wildman–Crippen LogP) is 1.93. The van der Waals surface area contributed by atoms with E-state index in [1.165, 1.54) is 19.3 Å². The summed E-state index contributed by atoms with van der Waals surface area (Å²) < 4.78 is 0. The molecule has 0 unspecified atom stereocenters. The predicted molar refractivity (Wildman–Crippen MR) is 53.3 cm³/mol. The Labute approximate surface area is 76.4 Å². The summed E-state index contributed by atoms with van der Waals surface area (Å²) in [6, 6.07) is 0.293. The Bertz CT molecular complexity index is 95.8. The van der Waals surface area contributed by atoms with Crippen LogP contribution in [-0.4, -0.2) is 24.3 Å². The number of nitrogens with one attached hydrogen (secondary N) is 1. The van der Waals surface area contributed by atoms with E-state index in [0.717, 1.165) is 12.8 Å². The highest BCUT2D eigenvalue weighted by Crippen LogP contribution is 2.08. The van der Waals surface area contributed by atoms with Crippen LogP contribution < -0.4 is 5.32 Å². The molecule has 0 aliphatic heterocycles. The quantitative estimate of drug-likeness (QED) is 0.577. The number of hydrogen-bond donors (Lipinski definition) is 2. The standard InChI is InChI=1S/C10H23NO/c1-4-6-7-8-9(11-3)10(12)5-2/h9-12H,4-8H2,1-3H3/t9-,10-/m1/s1. The van der Waals surface area contributed by atoms with Crippen LogP contribution in [0.2, 0.25) is 0 Å². The summed E-state index contributed by atoms with van der Waals surface area (Å²) in [6.07, 6.45) is 5.51. The van der Waals surface area contributed by atoms with Crippen LogP contribution in [0.5, 0.6) is 0 Å². The van der Waals surface area contributed by atoms with Crippen molar-refractivity contribution in [3.63, 3.8) is 0 Å². The highest BCUT2D eigenvalue weighted by molar-refractivity contribution is 4.72. The summed E-state index contributed by atoms with van der Waals surface area (Å²) in [5, 5.41) is 12.7. The summed E-state index contributed by atoms with van der Waals surface area (Å²) in [6.45, 7) is 4.22. The highest BCUT2D eigenvalue weighted by Gasteiger charge is 2.13. The summed E-state index contributed by atoms with van der Waals surface area (Å²) in [5.74, 6) is 0. The van der Waals surface area contributed by atoms with Gasteiger partial charge in [-0.05, 0) is 19.9 Å². The van der Waals surface area contributed by atoms with E-state index in [1.807, 2.05) is 14.0 Å². The van der Waals surface area contributed by atoms with Gasteiger partial charge in [0.05, 0.1) is 6.10 Å². The van der Waals surface area contributed by atoms with Crippen LogP contribution in [0.1, 0.15) is 46.0 Å². The minimum atomic E-state index is -0.174. The summed E-state index contributed by atoms with van der Waals surface area (Å²) in [7, 11) is 1.93. The number of unbranched alkanes of at least 4 members (excludes halogenated alkanes) is 2. The first-order valence-corrected chi connectivity index (χ1v) is 5.11. The second-order valence-electron chi connectivity index (χ2n) is 3.37. The molecule has 2 atom stereocenters. The fourth-order valence-corrected chi connectivity index (χ4v) is 1.43. The Hall–Kier alpha value is -0.0800. The molecule has 2 N–H and O–H groups in total. The summed E-state index contributed by atoms with van der Waals surface area (Å²) in [5.41, 5.74) is 0. The lowest BCUT2D eigenvalue weighted by atomic mass is 10.0. The Morgan fingerprint density at radius 3 is 2.33 bits per heavy atom. The number of likely N-dealkylation sites (N-methyl/N-ethyl adjacent to an activating group) is 1. The molecule has 2 heteroatoms. The number of aliphatic hydroxyl groups excluding tert-OH is 1. The molecule has 0 rings (SSSR count). The maximum absolute atomic E-state index is 9.55. The van der Waals surface area contributed by atoms with E-state index >= 15 is 0 Å². The van der Waals surface area contributed by atoms with Crippen molar-refractivity contribution >= 4 is 0 Å². The maximum atomic E-state index is 9.55. The first-order chi connectivity index (χ1) is 5.76. The Balaban J connectivity index is 3.52. The maximum Gasteiger partial charge on any atom is 0.0690 e. The van der Waals surface area contributed by atoms with Crippen LogP contribution >= 0.6 is 0 Å². The third-order valence-electron chi connectivity index (χ3n) is 2.37. The number of aliphatic hydroxyl groups is 1. The zero-order valence-electron chi connectivity index (χ0n) is 8.64. The van der Waals surface area contributed by atoms with E-state index in [1.54, 1.807) is 0 Å². The minimum absolute atomic E-state index is 0.174. The van der Waals surface area contributed by atoms with Crippen molar-refractivity contribution in [3.05, 3.63) is 0 Å². The third-order valence-corrected chi connectivity index (χ3v) is 2.37. The lowest BCUT2D eigenvalue weighted by Crippen LogP contribution is -2.37. The van der Waals surface area contributed by atoms with Gasteiger partial charge in [0.25, 0.3) is 0 Å². The number of hydrogen-bond acceptors (Lipinski definition) is 2. The zero-order valence-corrected chi connectivity index (χ0v) is 8.64. The molecular weight excluding hydrogens is 150 g/mol. The molecule has 0 aromatic heterocycles. The van der Waals surface area contributed by atoms with Gasteiger partial charge in [0.15, 0.2) is 0 Å². The summed E-state index contributed by atoms with van der Waals surface area (Å²) in [4.78, 5) is 0. The van der Waals surface area contributed by atoms with Crippen LogP contribution in [0.25, 0.3) is 0 Å². The van der Waals surface area contributed by atoms with Gasteiger partial charge < -0.3 is 10.4 Å². The Morgan fingerprint density at radius 1 is 1.25 bits per heavy atom. The molecule has 74 valence electrons. The lowest BCUT2D eigenvalue weighted by molar-refractivity contribution is 0.121. The fourth-order valence-electron chi connectivity index (χ4n) is 1.43. The van der Waals surface area contributed by atoms with Gasteiger partial charge in [-0.15, -0.1) is 0 Å². The van der Waals surface area contributed by atoms with Gasteiger partial charge in [-0.2, -0.15) is 0 Å². The van der Waals surface area contributed by atoms with E-state index < -0.39 is 0 Å². The van der Waals surface area contributed by atoms with Crippen molar-refractivity contribution < 1.29 is 5.11 Å². The molecule has 0 aliphatic rings. The number of rotatable bonds is 7. The highest BCUT2D eigenvalue weighted by atomic mass is 16.3. The van der Waals surface area contributed by atoms with Crippen LogP contribution in [0, 0.1) is 0 Å². The molecule has 12 heavy (non-hydrogen) atoms. The average Bonchev–Trinajstić information content (AvgIpc) is 2.11. The zero-order chi connectivity index (χ0) is 9.40. The molecule has 0 spiro atoms. The van der Waals surface area contributed by atoms with Crippen LogP contribution in [0.15, 0.2) is 0 Å². The van der Waals surface area contributed by atoms with Gasteiger partial charge in [-0.25, -0.2) is 0 Å². The molecule has 0 saturated heterocycles. The van der Waals surface area contributed by atoms with E-state index in [4.69, 9.17) is 0 Å². The van der Waals surface area contributed by atoms with E-state index in [2.05, 4.69) is 12.2 Å². The first-order valence-electron chi connectivity index (χ1n) is 5.11. The van der Waals surface area contributed by atoms with E-state index in [0.29, 0.717) is 6.04 Å². The largest absolute Gasteiger partial charge is 0.392 e. The van der Waals surface area contributed by atoms with Crippen LogP contribution in [0.3, 0.4) is 0 Å². The molecule has 0 aromatic carbocycles. The third kappa shape index (κ3) is 4.73. The molecule has 0 bridgehead atoms. The molecule has 0 amide bonds. The van der Waals surface area contributed by atoms with Crippen molar-refractivity contribution in [2.45, 2.75) is 58.1 Å². The molecule has 0 aliphatic carbocycles. The van der Waals surface area contributed by atoms with E-state index in [9.17, 15) is 5.11 Å². The fraction of sp³-hybridized carbons (Fsp3) is 1.00. The Kier molecular flexibility index (Phi) is 7.51. The average molecular weight is 173 g/mol. The molecule has 2 nitrogen and oxygen atoms in total. The lowest BCUT2D eigenvalue weighted by Gasteiger charge is -2.20. The van der Waals surface area contributed by atoms with Crippen molar-refractivity contribution in [1.82, 2.24) is 5.32 Å². The smallest absolute Gasteiger partial charge is 0.0690 e. The molecule has 0 saturated carbocycles. The molecule has 0 radical (unpaired) electrons. The first kappa shape index (κ1) is 11.9. The Morgan fingerprint density at radius 2 is 1.92 bits per heavy atom. The van der Waals surface area contributed by atoms with Gasteiger partial charge in [-0.1, -0.05) is 33.1 Å². The van der Waals surface area contributed by atoms with Crippen molar-refractivity contribution in [3.8, 4) is 0 Å². The van der Waals surface area contributed by atoms with Crippen molar-refractivity contribution in [1.29, 1.82) is 0 Å². The van der Waals surface area contributed by atoms with Crippen LogP contribution in [-0.2, 0) is 0 Å². The van der Waals surface area contributed by atoms with E-state index in [-0.39, 0.29) is 6.10 Å². The SMILES string of the molecule is CCCCC[C@@H](NC)[C@H](O)CC. The van der Waals surface area contributed by atoms with Crippen molar-refractivity contribution in [2.75, 3.05) is 7.05 Å². The molecule has 0 heterocycles. The molecular formula is C10H23NO. The van der Waals surface area contributed by atoms with Gasteiger partial charge in [-0.3, -0.25) is 0 Å². The monoisotopic (exact) mass is 173 g/mol. The van der Waals surface area contributed by atoms with Crippen LogP contribution in [0.4, 0.5) is 0 Å². The summed E-state index contributed by atoms with van der Waals surface area (Å²) >= 11 is 0. The second kappa shape index (κ2) is 7.56. The van der Waals surface area contributed by atoms with Gasteiger partial charge >= 0.3 is 0 Å². The molecule has 0 fully saturated rings. The van der Waals surface area contributed by atoms with Gasteiger partial charge in [0.1, 0.15) is 0 Å². The minimum Gasteiger partial charge on any atom is -0.392 e. The molecule has 0 aromatic rings. The van der Waals surface area contributed by atoms with Gasteiger partial charge in [0.2, 0.25) is 0 Å². The topological polar surface area (TPSA) is 32.3 Å². The van der Waals surface area contributed by atoms with Gasteiger partial charge in [0, 0.05) is 6.04 Å². The second-order valence-corrected chi connectivity index (χ2v) is 3.37.